The fraction of sp³-hybridized carbons (Fsp3) is 0.0345. The van der Waals surface area contributed by atoms with Gasteiger partial charge in [0.25, 0.3) is 0 Å². The van der Waals surface area contributed by atoms with Gasteiger partial charge in [-0.25, -0.2) is 0 Å². The molecule has 16 aromatic rings. The Labute approximate surface area is 527 Å². The van der Waals surface area contributed by atoms with Crippen molar-refractivity contribution in [3.8, 4) is 44.5 Å². The molecule has 0 saturated carbocycles. The second kappa shape index (κ2) is 20.2. The van der Waals surface area contributed by atoms with Crippen LogP contribution in [0.25, 0.3) is 122 Å². The van der Waals surface area contributed by atoms with Gasteiger partial charge in [-0.05, 0) is 174 Å². The lowest BCUT2D eigenvalue weighted by Crippen LogP contribution is -2.26. The Bertz CT molecular complexity index is 5450. The standard InChI is InChI=1S/C87H58N2O2/c1-5-55-43-50-77-80(62(55)6-2)75-31-17-18-38-76(75)87(77)81-65-48-44-60(88(58-25-9-7-10-26-58)78-39-21-36-73-71-34-19-32-69(83(71)90-85(73)78)63-29-15-13-23-53(63)3)51-56(65)41-46-67(81)68-47-42-57-52-61(45-49-66(57)82(68)87)89(59-27-11-8-12-28-59)79-40-22-37-74-72-35-20-33-70(84(72)91-86(74)79)64-30-16-14-24-54(64)4/h5-52H,1-2H2,3-4H3. The minimum atomic E-state index is -0.738. The predicted molar refractivity (Wildman–Crippen MR) is 382 cm³/mol. The summed E-state index contributed by atoms with van der Waals surface area (Å²) in [7, 11) is 0. The molecule has 0 fully saturated rings. The fourth-order valence-corrected chi connectivity index (χ4v) is 15.8. The van der Waals surface area contributed by atoms with Crippen LogP contribution in [0, 0.1) is 13.8 Å². The van der Waals surface area contributed by atoms with E-state index in [1.807, 2.05) is 12.2 Å². The Balaban J connectivity index is 0.853. The van der Waals surface area contributed by atoms with Gasteiger partial charge in [-0.1, -0.05) is 244 Å². The smallest absolute Gasteiger partial charge is 0.159 e. The monoisotopic (exact) mass is 1160 g/mol. The van der Waals surface area contributed by atoms with E-state index in [0.29, 0.717) is 0 Å². The Kier molecular flexibility index (Phi) is 11.6. The highest BCUT2D eigenvalue weighted by atomic mass is 16.3. The fourth-order valence-electron chi connectivity index (χ4n) is 15.8. The molecule has 18 rings (SSSR count). The maximum absolute atomic E-state index is 7.19. The summed E-state index contributed by atoms with van der Waals surface area (Å²) in [5.41, 5.74) is 27.7. The molecule has 14 aromatic carbocycles. The van der Waals surface area contributed by atoms with Gasteiger partial charge in [0.1, 0.15) is 11.2 Å². The summed E-state index contributed by atoms with van der Waals surface area (Å²) in [5.74, 6) is 0. The van der Waals surface area contributed by atoms with Gasteiger partial charge in [0.05, 0.1) is 16.8 Å². The van der Waals surface area contributed by atoms with E-state index in [2.05, 4.69) is 316 Å². The van der Waals surface area contributed by atoms with Crippen molar-refractivity contribution >= 4 is 112 Å². The number of benzene rings is 14. The second-order valence-corrected chi connectivity index (χ2v) is 24.3. The molecular weight excluding hydrogens is 1100 g/mol. The lowest BCUT2D eigenvalue weighted by molar-refractivity contribution is 0.670. The number of hydrogen-bond donors (Lipinski definition) is 0. The summed E-state index contributed by atoms with van der Waals surface area (Å²) in [6.07, 6.45) is 4.00. The Morgan fingerprint density at radius 3 is 1.24 bits per heavy atom. The maximum Gasteiger partial charge on any atom is 0.159 e. The minimum absolute atomic E-state index is 0.738. The highest BCUT2D eigenvalue weighted by Crippen LogP contribution is 2.66. The Morgan fingerprint density at radius 1 is 0.319 bits per heavy atom. The van der Waals surface area contributed by atoms with Crippen LogP contribution < -0.4 is 9.80 Å². The zero-order chi connectivity index (χ0) is 60.6. The van der Waals surface area contributed by atoms with Crippen LogP contribution in [0.15, 0.2) is 301 Å². The molecular formula is C87H58N2O2. The Hall–Kier alpha value is -11.7. The summed E-state index contributed by atoms with van der Waals surface area (Å²) in [6.45, 7) is 13.1. The normalized spacial score (nSPS) is 12.7. The first kappa shape index (κ1) is 52.4. The van der Waals surface area contributed by atoms with Crippen LogP contribution in [0.5, 0.6) is 0 Å². The molecule has 4 heteroatoms. The largest absolute Gasteiger partial charge is 0.453 e. The van der Waals surface area contributed by atoms with Crippen molar-refractivity contribution in [2.75, 3.05) is 9.80 Å². The molecule has 2 aromatic heterocycles. The van der Waals surface area contributed by atoms with Crippen molar-refractivity contribution in [1.29, 1.82) is 0 Å². The van der Waals surface area contributed by atoms with E-state index in [9.17, 15) is 0 Å². The van der Waals surface area contributed by atoms with Gasteiger partial charge in [0, 0.05) is 55.4 Å². The Morgan fingerprint density at radius 2 is 0.758 bits per heavy atom. The van der Waals surface area contributed by atoms with Crippen LogP contribution in [0.3, 0.4) is 0 Å². The summed E-state index contributed by atoms with van der Waals surface area (Å²) in [4.78, 5) is 4.73. The highest BCUT2D eigenvalue weighted by molar-refractivity contribution is 6.17. The maximum atomic E-state index is 7.19. The molecule has 428 valence electrons. The number of furan rings is 2. The first-order valence-electron chi connectivity index (χ1n) is 31.3. The van der Waals surface area contributed by atoms with Gasteiger partial charge in [-0.3, -0.25) is 0 Å². The molecule has 2 aliphatic rings. The molecule has 0 radical (unpaired) electrons. The lowest BCUT2D eigenvalue weighted by Gasteiger charge is -2.33. The molecule has 2 heterocycles. The molecule has 2 aliphatic carbocycles. The van der Waals surface area contributed by atoms with Crippen molar-refractivity contribution in [2.45, 2.75) is 19.3 Å². The number of hydrogen-bond acceptors (Lipinski definition) is 4. The predicted octanol–water partition coefficient (Wildman–Crippen LogP) is 24.3. The van der Waals surface area contributed by atoms with Gasteiger partial charge in [0.2, 0.25) is 0 Å². The van der Waals surface area contributed by atoms with Crippen molar-refractivity contribution < 1.29 is 8.83 Å². The summed E-state index contributed by atoms with van der Waals surface area (Å²) in [5, 5.41) is 8.97. The van der Waals surface area contributed by atoms with Gasteiger partial charge in [0.15, 0.2) is 11.2 Å². The van der Waals surface area contributed by atoms with Gasteiger partial charge < -0.3 is 18.6 Å². The third-order valence-electron chi connectivity index (χ3n) is 19.7. The van der Waals surface area contributed by atoms with Crippen molar-refractivity contribution in [3.05, 3.63) is 337 Å². The molecule has 0 bridgehead atoms. The molecule has 0 atom stereocenters. The van der Waals surface area contributed by atoms with Crippen LogP contribution in [0.1, 0.15) is 44.5 Å². The number of nitrogens with zero attached hydrogens (tertiary/aromatic N) is 2. The van der Waals surface area contributed by atoms with E-state index >= 15 is 0 Å². The van der Waals surface area contributed by atoms with Crippen molar-refractivity contribution in [3.63, 3.8) is 0 Å². The average Bonchev–Trinajstić information content (AvgIpc) is 1.50. The summed E-state index contributed by atoms with van der Waals surface area (Å²) in [6, 6.07) is 102. The highest BCUT2D eigenvalue weighted by Gasteiger charge is 2.54. The van der Waals surface area contributed by atoms with Crippen LogP contribution in [0.2, 0.25) is 0 Å². The van der Waals surface area contributed by atoms with Crippen LogP contribution in [0.4, 0.5) is 34.1 Å². The topological polar surface area (TPSA) is 32.8 Å². The SMILES string of the molecule is C=Cc1ccc2c(c1C=C)-c1ccccc1C21c2c(ccc3cc(N(c4ccccc4)c4cccc5c4oc4c(-c6ccccc6C)cccc45)ccc23)-c2ccc3cc(N(c4ccccc4)c4cccc5c4oc4c(-c6ccccc6C)cccc45)ccc3c21. The molecule has 0 aliphatic heterocycles. The number of anilines is 6. The molecule has 0 N–H and O–H groups in total. The van der Waals surface area contributed by atoms with Crippen molar-refractivity contribution in [1.82, 2.24) is 0 Å². The zero-order valence-corrected chi connectivity index (χ0v) is 50.3. The third kappa shape index (κ3) is 7.51. The minimum Gasteiger partial charge on any atom is -0.453 e. The quantitative estimate of drug-likeness (QED) is 0.137. The average molecular weight is 1160 g/mol. The van der Waals surface area contributed by atoms with E-state index in [1.165, 1.54) is 77.5 Å². The molecule has 91 heavy (non-hydrogen) atoms. The van der Waals surface area contributed by atoms with Gasteiger partial charge >= 0.3 is 0 Å². The lowest BCUT2D eigenvalue weighted by atomic mass is 9.68. The number of rotatable bonds is 10. The molecule has 0 amide bonds. The van der Waals surface area contributed by atoms with Crippen molar-refractivity contribution in [2.24, 2.45) is 0 Å². The third-order valence-corrected chi connectivity index (χ3v) is 19.7. The van der Waals surface area contributed by atoms with E-state index < -0.39 is 5.41 Å². The van der Waals surface area contributed by atoms with Crippen LogP contribution >= 0.6 is 0 Å². The number of aryl methyl sites for hydroxylation is 2. The first-order valence-corrected chi connectivity index (χ1v) is 31.3. The molecule has 0 saturated heterocycles. The van der Waals surface area contributed by atoms with E-state index in [0.717, 1.165) is 111 Å². The van der Waals surface area contributed by atoms with E-state index in [4.69, 9.17) is 8.83 Å². The summed E-state index contributed by atoms with van der Waals surface area (Å²) >= 11 is 0. The second-order valence-electron chi connectivity index (χ2n) is 24.3. The zero-order valence-electron chi connectivity index (χ0n) is 50.3. The first-order chi connectivity index (χ1) is 44.9. The van der Waals surface area contributed by atoms with E-state index in [1.54, 1.807) is 0 Å². The molecule has 4 nitrogen and oxygen atoms in total. The molecule has 0 unspecified atom stereocenters. The molecule has 1 spiro atoms. The number of para-hydroxylation sites is 6. The van der Waals surface area contributed by atoms with Gasteiger partial charge in [-0.15, -0.1) is 0 Å². The van der Waals surface area contributed by atoms with E-state index in [-0.39, 0.29) is 0 Å². The number of fused-ring (bicyclic) bond motifs is 20. The van der Waals surface area contributed by atoms with Crippen LogP contribution in [-0.2, 0) is 5.41 Å². The van der Waals surface area contributed by atoms with Crippen LogP contribution in [-0.4, -0.2) is 0 Å². The summed E-state index contributed by atoms with van der Waals surface area (Å²) < 4.78 is 14.4. The van der Waals surface area contributed by atoms with Gasteiger partial charge in [-0.2, -0.15) is 0 Å².